The Balaban J connectivity index is 0.000000604. The van der Waals surface area contributed by atoms with E-state index in [1.807, 2.05) is 18.2 Å². The van der Waals surface area contributed by atoms with E-state index in [0.717, 1.165) is 43.6 Å². The minimum Gasteiger partial charge on any atom is -0.493 e. The molecule has 1 aliphatic heterocycles. The lowest BCUT2D eigenvalue weighted by atomic mass is 10.1. The smallest absolute Gasteiger partial charge is 0.416 e. The SMILES string of the molecule is COc1cccc(CN2CCN(Cc3ccccc3C(F)(F)F)CC2)c1OC.O=C(O)C(=O)O. The summed E-state index contributed by atoms with van der Waals surface area (Å²) in [7, 11) is 3.23. The Morgan fingerprint density at radius 2 is 1.32 bits per heavy atom. The number of carboxylic acid groups (broad SMARTS) is 2. The zero-order valence-electron chi connectivity index (χ0n) is 18.8. The first-order valence-electron chi connectivity index (χ1n) is 10.3. The highest BCUT2D eigenvalue weighted by molar-refractivity contribution is 6.27. The molecule has 0 amide bonds. The van der Waals surface area contributed by atoms with Crippen molar-refractivity contribution in [1.29, 1.82) is 0 Å². The van der Waals surface area contributed by atoms with Gasteiger partial charge in [-0.15, -0.1) is 0 Å². The summed E-state index contributed by atoms with van der Waals surface area (Å²) in [6, 6.07) is 11.6. The third-order valence-electron chi connectivity index (χ3n) is 5.24. The lowest BCUT2D eigenvalue weighted by Crippen LogP contribution is -2.45. The van der Waals surface area contributed by atoms with Crippen LogP contribution < -0.4 is 9.47 Å². The number of aliphatic carboxylic acids is 2. The van der Waals surface area contributed by atoms with Gasteiger partial charge in [0.25, 0.3) is 0 Å². The van der Waals surface area contributed by atoms with Crippen LogP contribution in [0.5, 0.6) is 11.5 Å². The number of carbonyl (C=O) groups is 2. The molecule has 2 N–H and O–H groups in total. The van der Waals surface area contributed by atoms with Crippen LogP contribution in [0, 0.1) is 0 Å². The van der Waals surface area contributed by atoms with Gasteiger partial charge in [0, 0.05) is 44.8 Å². The second-order valence-corrected chi connectivity index (χ2v) is 7.47. The number of benzene rings is 2. The van der Waals surface area contributed by atoms with Crippen LogP contribution in [-0.4, -0.2) is 72.4 Å². The van der Waals surface area contributed by atoms with Crippen LogP contribution in [0.25, 0.3) is 0 Å². The third-order valence-corrected chi connectivity index (χ3v) is 5.24. The maximum absolute atomic E-state index is 13.2. The van der Waals surface area contributed by atoms with Gasteiger partial charge in [-0.25, -0.2) is 9.59 Å². The molecule has 1 heterocycles. The number of piperazine rings is 1. The molecular formula is C23H27F3N2O6. The molecule has 0 saturated carbocycles. The van der Waals surface area contributed by atoms with Gasteiger partial charge in [-0.05, 0) is 17.7 Å². The largest absolute Gasteiger partial charge is 0.493 e. The summed E-state index contributed by atoms with van der Waals surface area (Å²) >= 11 is 0. The Bertz CT molecular complexity index is 963. The van der Waals surface area contributed by atoms with Gasteiger partial charge in [0.15, 0.2) is 11.5 Å². The summed E-state index contributed by atoms with van der Waals surface area (Å²) in [5.41, 5.74) is 0.828. The van der Waals surface area contributed by atoms with Crippen LogP contribution >= 0.6 is 0 Å². The lowest BCUT2D eigenvalue weighted by Gasteiger charge is -2.35. The number of carboxylic acids is 2. The summed E-state index contributed by atoms with van der Waals surface area (Å²) in [5.74, 6) is -2.22. The molecule has 0 aliphatic carbocycles. The molecule has 0 aromatic heterocycles. The number of methoxy groups -OCH3 is 2. The highest BCUT2D eigenvalue weighted by Crippen LogP contribution is 2.33. The Hall–Kier alpha value is -3.31. The molecule has 0 atom stereocenters. The van der Waals surface area contributed by atoms with Crippen LogP contribution in [-0.2, 0) is 28.9 Å². The number of rotatable bonds is 6. The van der Waals surface area contributed by atoms with Crippen LogP contribution in [0.2, 0.25) is 0 Å². The van der Waals surface area contributed by atoms with E-state index in [4.69, 9.17) is 29.3 Å². The first-order chi connectivity index (χ1) is 16.1. The van der Waals surface area contributed by atoms with Gasteiger partial charge in [0.1, 0.15) is 0 Å². The molecule has 2 aromatic rings. The lowest BCUT2D eigenvalue weighted by molar-refractivity contribution is -0.159. The minimum atomic E-state index is -4.32. The average molecular weight is 484 g/mol. The van der Waals surface area contributed by atoms with Crippen LogP contribution in [0.1, 0.15) is 16.7 Å². The Morgan fingerprint density at radius 1 is 0.824 bits per heavy atom. The van der Waals surface area contributed by atoms with E-state index in [0.29, 0.717) is 24.4 Å². The van der Waals surface area contributed by atoms with Gasteiger partial charge < -0.3 is 19.7 Å². The molecule has 0 unspecified atom stereocenters. The van der Waals surface area contributed by atoms with E-state index in [2.05, 4.69) is 9.80 Å². The number of ether oxygens (including phenoxy) is 2. The molecule has 1 aliphatic rings. The number of hydrogen-bond acceptors (Lipinski definition) is 6. The van der Waals surface area contributed by atoms with Gasteiger partial charge in [-0.1, -0.05) is 30.3 Å². The van der Waals surface area contributed by atoms with E-state index < -0.39 is 23.7 Å². The fourth-order valence-electron chi connectivity index (χ4n) is 3.60. The summed E-state index contributed by atoms with van der Waals surface area (Å²) in [6.07, 6.45) is -4.32. The second kappa shape index (κ2) is 12.2. The quantitative estimate of drug-likeness (QED) is 0.604. The van der Waals surface area contributed by atoms with Crippen LogP contribution in [0.3, 0.4) is 0 Å². The molecular weight excluding hydrogens is 457 g/mol. The zero-order chi connectivity index (χ0) is 25.3. The Labute approximate surface area is 195 Å². The van der Waals surface area contributed by atoms with Crippen molar-refractivity contribution in [2.45, 2.75) is 19.3 Å². The predicted octanol–water partition coefficient (Wildman–Crippen LogP) is 3.20. The second-order valence-electron chi connectivity index (χ2n) is 7.47. The van der Waals surface area contributed by atoms with Crippen molar-refractivity contribution >= 4 is 11.9 Å². The van der Waals surface area contributed by atoms with Crippen molar-refractivity contribution in [2.75, 3.05) is 40.4 Å². The van der Waals surface area contributed by atoms with E-state index in [9.17, 15) is 13.2 Å². The number of alkyl halides is 3. The summed E-state index contributed by atoms with van der Waals surface area (Å²) in [5, 5.41) is 14.8. The zero-order valence-corrected chi connectivity index (χ0v) is 18.8. The molecule has 0 radical (unpaired) electrons. The van der Waals surface area contributed by atoms with Crippen molar-refractivity contribution in [3.05, 3.63) is 59.2 Å². The fourth-order valence-corrected chi connectivity index (χ4v) is 3.60. The monoisotopic (exact) mass is 484 g/mol. The molecule has 0 bridgehead atoms. The molecule has 3 rings (SSSR count). The number of hydrogen-bond donors (Lipinski definition) is 2. The summed E-state index contributed by atoms with van der Waals surface area (Å²) in [4.78, 5) is 22.6. The predicted molar refractivity (Wildman–Crippen MR) is 117 cm³/mol. The fraction of sp³-hybridized carbons (Fsp3) is 0.391. The topological polar surface area (TPSA) is 99.5 Å². The van der Waals surface area contributed by atoms with E-state index in [1.165, 1.54) is 6.07 Å². The standard InChI is InChI=1S/C21H25F3N2O2.C2H2O4/c1-27-19-9-5-7-17(20(19)28-2)15-26-12-10-25(11-13-26)14-16-6-3-4-8-18(16)21(22,23)24;3-1(4)2(5)6/h3-9H,10-15H2,1-2H3;(H,3,4)(H,5,6). The third kappa shape index (κ3) is 7.63. The highest BCUT2D eigenvalue weighted by atomic mass is 19.4. The summed E-state index contributed by atoms with van der Waals surface area (Å²) < 4.78 is 50.4. The maximum atomic E-state index is 13.2. The number of nitrogens with zero attached hydrogens (tertiary/aromatic N) is 2. The Morgan fingerprint density at radius 3 is 1.79 bits per heavy atom. The minimum absolute atomic E-state index is 0.312. The van der Waals surface area contributed by atoms with Gasteiger partial charge in [-0.3, -0.25) is 9.80 Å². The normalized spacial score (nSPS) is 14.6. The van der Waals surface area contributed by atoms with Crippen molar-refractivity contribution in [2.24, 2.45) is 0 Å². The molecule has 8 nitrogen and oxygen atoms in total. The number of halogens is 3. The van der Waals surface area contributed by atoms with E-state index in [-0.39, 0.29) is 0 Å². The van der Waals surface area contributed by atoms with Gasteiger partial charge >= 0.3 is 18.1 Å². The molecule has 11 heteroatoms. The van der Waals surface area contributed by atoms with Crippen molar-refractivity contribution in [3.8, 4) is 11.5 Å². The van der Waals surface area contributed by atoms with E-state index in [1.54, 1.807) is 26.4 Å². The highest BCUT2D eigenvalue weighted by Gasteiger charge is 2.33. The first-order valence-corrected chi connectivity index (χ1v) is 10.3. The van der Waals surface area contributed by atoms with Gasteiger partial charge in [-0.2, -0.15) is 13.2 Å². The average Bonchev–Trinajstić information content (AvgIpc) is 2.80. The van der Waals surface area contributed by atoms with Crippen molar-refractivity contribution in [3.63, 3.8) is 0 Å². The van der Waals surface area contributed by atoms with Crippen LogP contribution in [0.4, 0.5) is 13.2 Å². The summed E-state index contributed by atoms with van der Waals surface area (Å²) in [6.45, 7) is 4.04. The molecule has 1 fully saturated rings. The molecule has 186 valence electrons. The Kier molecular flexibility index (Phi) is 9.69. The van der Waals surface area contributed by atoms with Crippen molar-refractivity contribution < 1.29 is 42.4 Å². The van der Waals surface area contributed by atoms with Gasteiger partial charge in [0.2, 0.25) is 0 Å². The maximum Gasteiger partial charge on any atom is 0.416 e. The van der Waals surface area contributed by atoms with Crippen LogP contribution in [0.15, 0.2) is 42.5 Å². The number of para-hydroxylation sites is 1. The van der Waals surface area contributed by atoms with E-state index >= 15 is 0 Å². The molecule has 2 aromatic carbocycles. The molecule has 0 spiro atoms. The molecule has 34 heavy (non-hydrogen) atoms. The van der Waals surface area contributed by atoms with Crippen molar-refractivity contribution in [1.82, 2.24) is 9.80 Å². The first kappa shape index (κ1) is 26.9. The van der Waals surface area contributed by atoms with Gasteiger partial charge in [0.05, 0.1) is 19.8 Å². The molecule has 1 saturated heterocycles.